The van der Waals surface area contributed by atoms with Crippen molar-refractivity contribution in [3.63, 3.8) is 0 Å². The monoisotopic (exact) mass is 545 g/mol. The number of benzene rings is 3. The van der Waals surface area contributed by atoms with E-state index >= 15 is 0 Å². The fraction of sp³-hybridized carbons (Fsp3) is 0.0833. The molecule has 31 heavy (non-hydrogen) atoms. The first-order valence-corrected chi connectivity index (χ1v) is 11.3. The molecule has 0 aliphatic heterocycles. The summed E-state index contributed by atoms with van der Waals surface area (Å²) in [5, 5.41) is 13.7. The van der Waals surface area contributed by atoms with Gasteiger partial charge in [-0.1, -0.05) is 88.8 Å². The summed E-state index contributed by atoms with van der Waals surface area (Å²) in [4.78, 5) is 24.8. The molecule has 1 heterocycles. The molecule has 0 saturated carbocycles. The number of hydrogen-bond donors (Lipinski definition) is 2. The van der Waals surface area contributed by atoms with Crippen molar-refractivity contribution >= 4 is 57.0 Å². The number of nitrogens with one attached hydrogen (secondary N) is 1. The van der Waals surface area contributed by atoms with E-state index in [4.69, 9.17) is 16.0 Å². The first kappa shape index (κ1) is 21.4. The van der Waals surface area contributed by atoms with Gasteiger partial charge in [0.05, 0.1) is 0 Å². The lowest BCUT2D eigenvalue weighted by atomic mass is 10.0. The molecular formula is C24H17ClINO4. The normalized spacial score (nSPS) is 11.9. The van der Waals surface area contributed by atoms with Crippen LogP contribution >= 0.6 is 34.2 Å². The fourth-order valence-electron chi connectivity index (χ4n) is 3.42. The summed E-state index contributed by atoms with van der Waals surface area (Å²) >= 11 is 8.14. The largest absolute Gasteiger partial charge is 0.479 e. The number of amides is 1. The number of carboxylic acids is 1. The number of aliphatic carboxylic acids is 1. The number of carboxylic acid groups (broad SMARTS) is 1. The maximum atomic E-state index is 13.0. The van der Waals surface area contributed by atoms with Crippen LogP contribution < -0.4 is 5.32 Å². The van der Waals surface area contributed by atoms with Crippen molar-refractivity contribution in [3.05, 3.63) is 94.7 Å². The Labute approximate surface area is 197 Å². The Kier molecular flexibility index (Phi) is 6.29. The van der Waals surface area contributed by atoms with Gasteiger partial charge in [0.15, 0.2) is 11.8 Å². The molecule has 5 nitrogen and oxygen atoms in total. The average molecular weight is 546 g/mol. The van der Waals surface area contributed by atoms with Crippen molar-refractivity contribution < 1.29 is 19.1 Å². The van der Waals surface area contributed by atoms with Crippen molar-refractivity contribution in [2.75, 3.05) is 0 Å². The van der Waals surface area contributed by atoms with Crippen LogP contribution in [0.4, 0.5) is 0 Å². The molecule has 0 aliphatic rings. The van der Waals surface area contributed by atoms with Gasteiger partial charge in [-0.05, 0) is 34.9 Å². The SMILES string of the molecule is O=C(NC(C(=O)O)c1ccccc1)c1oc2cc(-c3ccc(Cl)cc3)ccc2c1CI. The zero-order chi connectivity index (χ0) is 22.0. The van der Waals surface area contributed by atoms with E-state index in [1.54, 1.807) is 30.3 Å². The summed E-state index contributed by atoms with van der Waals surface area (Å²) in [6.45, 7) is 0. The van der Waals surface area contributed by atoms with E-state index in [1.807, 2.05) is 42.5 Å². The number of halogens is 2. The maximum Gasteiger partial charge on any atom is 0.330 e. The van der Waals surface area contributed by atoms with Crippen LogP contribution in [-0.4, -0.2) is 17.0 Å². The number of carbonyl (C=O) groups is 2. The van der Waals surface area contributed by atoms with E-state index < -0.39 is 17.9 Å². The van der Waals surface area contributed by atoms with Gasteiger partial charge in [0.1, 0.15) is 5.58 Å². The maximum absolute atomic E-state index is 13.0. The van der Waals surface area contributed by atoms with Crippen molar-refractivity contribution in [2.45, 2.75) is 10.5 Å². The second-order valence-corrected chi connectivity index (χ2v) is 8.12. The molecule has 1 atom stereocenters. The van der Waals surface area contributed by atoms with Crippen molar-refractivity contribution in [2.24, 2.45) is 0 Å². The molecule has 0 aliphatic carbocycles. The van der Waals surface area contributed by atoms with Crippen LogP contribution in [0.5, 0.6) is 0 Å². The molecule has 0 saturated heterocycles. The predicted octanol–water partition coefficient (Wildman–Crippen LogP) is 6.24. The summed E-state index contributed by atoms with van der Waals surface area (Å²) in [7, 11) is 0. The third-order valence-corrected chi connectivity index (χ3v) is 5.98. The molecule has 2 N–H and O–H groups in total. The minimum atomic E-state index is -1.17. The third kappa shape index (κ3) is 4.45. The van der Waals surface area contributed by atoms with Gasteiger partial charge in [-0.15, -0.1) is 0 Å². The zero-order valence-corrected chi connectivity index (χ0v) is 19.1. The molecule has 1 unspecified atom stereocenters. The Morgan fingerprint density at radius 1 is 1.00 bits per heavy atom. The van der Waals surface area contributed by atoms with Gasteiger partial charge in [-0.2, -0.15) is 0 Å². The van der Waals surface area contributed by atoms with Crippen molar-refractivity contribution in [1.82, 2.24) is 5.32 Å². The van der Waals surface area contributed by atoms with E-state index in [9.17, 15) is 14.7 Å². The van der Waals surface area contributed by atoms with E-state index in [-0.39, 0.29) is 5.76 Å². The lowest BCUT2D eigenvalue weighted by molar-refractivity contribution is -0.139. The van der Waals surface area contributed by atoms with E-state index in [1.165, 1.54) is 0 Å². The average Bonchev–Trinajstić information content (AvgIpc) is 3.16. The molecule has 4 aromatic rings. The van der Waals surface area contributed by atoms with E-state index in [0.717, 1.165) is 22.1 Å². The Hall–Kier alpha value is -2.84. The standard InChI is InChI=1S/C24H17ClINO4/c25-17-9-6-14(7-10-17)16-8-11-18-19(13-26)22(31-20(18)12-16)23(28)27-21(24(29)30)15-4-2-1-3-5-15/h1-12,21H,13H2,(H,27,28)(H,29,30). The molecular weight excluding hydrogens is 529 g/mol. The minimum Gasteiger partial charge on any atom is -0.479 e. The number of carbonyl (C=O) groups excluding carboxylic acids is 1. The second-order valence-electron chi connectivity index (χ2n) is 6.92. The number of fused-ring (bicyclic) bond motifs is 1. The highest BCUT2D eigenvalue weighted by atomic mass is 127. The molecule has 1 aromatic heterocycles. The summed E-state index contributed by atoms with van der Waals surface area (Å²) in [5.74, 6) is -1.58. The molecule has 3 aromatic carbocycles. The van der Waals surface area contributed by atoms with Gasteiger partial charge in [0.25, 0.3) is 5.91 Å². The smallest absolute Gasteiger partial charge is 0.330 e. The van der Waals surface area contributed by atoms with Crippen LogP contribution in [-0.2, 0) is 9.22 Å². The Bertz CT molecular complexity index is 1250. The van der Waals surface area contributed by atoms with Crippen LogP contribution in [0.2, 0.25) is 5.02 Å². The van der Waals surface area contributed by atoms with Crippen LogP contribution in [0.15, 0.2) is 77.2 Å². The van der Waals surface area contributed by atoms with E-state index in [2.05, 4.69) is 27.9 Å². The highest BCUT2D eigenvalue weighted by Gasteiger charge is 2.27. The fourth-order valence-corrected chi connectivity index (χ4v) is 4.30. The molecule has 0 spiro atoms. The number of hydrogen-bond acceptors (Lipinski definition) is 3. The number of furan rings is 1. The molecule has 156 valence electrons. The molecule has 7 heteroatoms. The van der Waals surface area contributed by atoms with Gasteiger partial charge in [0.2, 0.25) is 0 Å². The van der Waals surface area contributed by atoms with Crippen LogP contribution in [0.25, 0.3) is 22.1 Å². The Balaban J connectivity index is 1.70. The predicted molar refractivity (Wildman–Crippen MR) is 129 cm³/mol. The Morgan fingerprint density at radius 3 is 2.32 bits per heavy atom. The summed E-state index contributed by atoms with van der Waals surface area (Å²) in [6, 6.07) is 20.6. The summed E-state index contributed by atoms with van der Waals surface area (Å²) in [5.41, 5.74) is 3.68. The molecule has 0 radical (unpaired) electrons. The zero-order valence-electron chi connectivity index (χ0n) is 16.1. The molecule has 4 rings (SSSR count). The van der Waals surface area contributed by atoms with Crippen molar-refractivity contribution in [3.8, 4) is 11.1 Å². The van der Waals surface area contributed by atoms with Gasteiger partial charge in [-0.3, -0.25) is 4.79 Å². The molecule has 1 amide bonds. The Morgan fingerprint density at radius 2 is 1.68 bits per heavy atom. The third-order valence-electron chi connectivity index (χ3n) is 4.97. The first-order chi connectivity index (χ1) is 15.0. The number of rotatable bonds is 6. The van der Waals surface area contributed by atoms with Gasteiger partial charge >= 0.3 is 5.97 Å². The van der Waals surface area contributed by atoms with Gasteiger partial charge in [-0.25, -0.2) is 4.79 Å². The van der Waals surface area contributed by atoms with Crippen LogP contribution in [0.1, 0.15) is 27.7 Å². The quantitative estimate of drug-likeness (QED) is 0.222. The van der Waals surface area contributed by atoms with Gasteiger partial charge < -0.3 is 14.8 Å². The highest BCUT2D eigenvalue weighted by molar-refractivity contribution is 14.1. The summed E-state index contributed by atoms with van der Waals surface area (Å²) in [6.07, 6.45) is 0. The second kappa shape index (κ2) is 9.11. The van der Waals surface area contributed by atoms with Crippen molar-refractivity contribution in [1.29, 1.82) is 0 Å². The van der Waals surface area contributed by atoms with Crippen LogP contribution in [0.3, 0.4) is 0 Å². The highest BCUT2D eigenvalue weighted by Crippen LogP contribution is 2.32. The lowest BCUT2D eigenvalue weighted by Crippen LogP contribution is -2.33. The van der Waals surface area contributed by atoms with E-state index in [0.29, 0.717) is 20.6 Å². The van der Waals surface area contributed by atoms with Crippen LogP contribution in [0, 0.1) is 0 Å². The molecule has 0 fully saturated rings. The topological polar surface area (TPSA) is 79.5 Å². The lowest BCUT2D eigenvalue weighted by Gasteiger charge is -2.14. The minimum absolute atomic E-state index is 0.125. The first-order valence-electron chi connectivity index (χ1n) is 9.44. The van der Waals surface area contributed by atoms with Gasteiger partial charge in [0, 0.05) is 20.4 Å². The molecule has 0 bridgehead atoms. The summed E-state index contributed by atoms with van der Waals surface area (Å²) < 4.78 is 6.46. The number of alkyl halides is 1.